The highest BCUT2D eigenvalue weighted by atomic mass is 19.1. The van der Waals surface area contributed by atoms with Gasteiger partial charge in [-0.05, 0) is 72.7 Å². The topological polar surface area (TPSA) is 205 Å². The number of cyclic esters (lactones) is 1. The molecule has 3 fully saturated rings. The Morgan fingerprint density at radius 3 is 2.38 bits per heavy atom. The lowest BCUT2D eigenvalue weighted by molar-refractivity contribution is -0.292. The van der Waals surface area contributed by atoms with E-state index >= 15 is 4.39 Å². The molecule has 17 heteroatoms. The first-order valence-electron chi connectivity index (χ1n) is 20.8. The molecule has 13 atom stereocenters. The largest absolute Gasteiger partial charge is 0.455 e. The molecule has 3 saturated heterocycles. The zero-order chi connectivity index (χ0) is 45.0. The second-order valence-electron chi connectivity index (χ2n) is 17.3. The third kappa shape index (κ3) is 10.3. The predicted molar refractivity (Wildman–Crippen MR) is 220 cm³/mol. The summed E-state index contributed by atoms with van der Waals surface area (Å²) in [6.07, 6.45) is -1.03. The number of hydrogen-bond acceptors (Lipinski definition) is 14. The molecular weight excluding hydrogens is 794 g/mol. The van der Waals surface area contributed by atoms with Gasteiger partial charge in [-0.3, -0.25) is 9.59 Å². The number of fused-ring (bicyclic) bond motifs is 1. The van der Waals surface area contributed by atoms with Crippen LogP contribution in [-0.4, -0.2) is 130 Å². The molecule has 0 aliphatic carbocycles. The highest BCUT2D eigenvalue weighted by Gasteiger charge is 2.60. The van der Waals surface area contributed by atoms with Crippen LogP contribution in [0.3, 0.4) is 0 Å². The number of nitrogens with zero attached hydrogens (tertiary/aromatic N) is 3. The molecule has 2 aromatic rings. The summed E-state index contributed by atoms with van der Waals surface area (Å²) in [4.78, 5) is 79.1. The summed E-state index contributed by atoms with van der Waals surface area (Å²) in [5, 5.41) is 16.9. The highest BCUT2D eigenvalue weighted by molar-refractivity contribution is 6.08. The molecule has 13 unspecified atom stereocenters. The van der Waals surface area contributed by atoms with Crippen molar-refractivity contribution in [1.29, 1.82) is 0 Å². The Morgan fingerprint density at radius 1 is 1.07 bits per heavy atom. The lowest BCUT2D eigenvalue weighted by Crippen LogP contribution is -2.62. The van der Waals surface area contributed by atoms with Crippen LogP contribution in [0.5, 0.6) is 0 Å². The number of nitrogens with one attached hydrogen (secondary N) is 2. The van der Waals surface area contributed by atoms with Crippen LogP contribution in [0.25, 0.3) is 17.3 Å². The molecule has 1 aromatic carbocycles. The summed E-state index contributed by atoms with van der Waals surface area (Å²) < 4.78 is 46.9. The standard InChI is InChI=1S/C44H60FN5O11/c1-11-32-44(8)35(49-41(56)61-44)26(4)33(51)24(2)22-42(6,60-40(55)47-19-12-13-28-14-16-29(17-15-28)30-18-20-46-23-48-30)37(27(5)36(53)43(7,45)39(54)58-32)59-38-34(52)31(50(9)10)21-25(3)57-38/h12-18,20,23-27,31-32,34-35,37-38,52H,11,19,21-22H2,1-10H3,(H,47,55)(H,49,56)/b13-12+. The number of rotatable bonds is 9. The summed E-state index contributed by atoms with van der Waals surface area (Å²) in [6.45, 7) is 11.6. The Balaban J connectivity index is 1.50. The molecule has 0 saturated carbocycles. The van der Waals surface area contributed by atoms with Gasteiger partial charge in [0.25, 0.3) is 5.67 Å². The van der Waals surface area contributed by atoms with E-state index < -0.39 is 101 Å². The predicted octanol–water partition coefficient (Wildman–Crippen LogP) is 4.82. The van der Waals surface area contributed by atoms with Crippen LogP contribution >= 0.6 is 0 Å². The summed E-state index contributed by atoms with van der Waals surface area (Å²) in [6, 6.07) is 7.86. The molecule has 334 valence electrons. The summed E-state index contributed by atoms with van der Waals surface area (Å²) in [5.74, 6) is -6.69. The number of ether oxygens (including phenoxy) is 5. The third-order valence-electron chi connectivity index (χ3n) is 12.3. The van der Waals surface area contributed by atoms with E-state index in [2.05, 4.69) is 20.6 Å². The van der Waals surface area contributed by atoms with Crippen LogP contribution in [0, 0.1) is 17.8 Å². The molecule has 3 aliphatic heterocycles. The van der Waals surface area contributed by atoms with Crippen LogP contribution in [0.2, 0.25) is 0 Å². The number of alkyl carbamates (subject to hydrolysis) is 2. The summed E-state index contributed by atoms with van der Waals surface area (Å²) in [7, 11) is 3.55. The molecule has 16 nitrogen and oxygen atoms in total. The monoisotopic (exact) mass is 853 g/mol. The normalized spacial score (nSPS) is 36.4. The van der Waals surface area contributed by atoms with Crippen molar-refractivity contribution in [2.24, 2.45) is 17.8 Å². The van der Waals surface area contributed by atoms with E-state index in [-0.39, 0.29) is 25.2 Å². The van der Waals surface area contributed by atoms with Crippen molar-refractivity contribution in [3.05, 3.63) is 54.5 Å². The van der Waals surface area contributed by atoms with Gasteiger partial charge in [0.15, 0.2) is 17.7 Å². The Kier molecular flexibility index (Phi) is 14.7. The SMILES string of the molecule is CCC1OC(=O)C(C)(F)C(=O)C(C)C(OC2OC(C)CC(N(C)C)C2O)C(C)(OC(=O)NC/C=C/c2ccc(-c3ccncn3)cc2)CC(C)C(=O)C(C)C2NC(=O)OC12C. The van der Waals surface area contributed by atoms with Gasteiger partial charge in [-0.15, -0.1) is 0 Å². The van der Waals surface area contributed by atoms with E-state index in [0.717, 1.165) is 23.7 Å². The first kappa shape index (κ1) is 47.2. The van der Waals surface area contributed by atoms with E-state index in [1.807, 2.05) is 24.3 Å². The number of alkyl halides is 1. The lowest BCUT2D eigenvalue weighted by atomic mass is 9.73. The maximum Gasteiger partial charge on any atom is 0.408 e. The van der Waals surface area contributed by atoms with Gasteiger partial charge in [0.2, 0.25) is 0 Å². The van der Waals surface area contributed by atoms with Crippen LogP contribution in [0.4, 0.5) is 14.0 Å². The number of Topliss-reactive ketones (excluding diaryl/α,β-unsaturated/α-hetero) is 2. The average molecular weight is 854 g/mol. The van der Waals surface area contributed by atoms with Crippen molar-refractivity contribution >= 4 is 35.8 Å². The number of hydrogen-bond donors (Lipinski definition) is 3. The maximum absolute atomic E-state index is 16.9. The zero-order valence-electron chi connectivity index (χ0n) is 36.5. The molecule has 1 aromatic heterocycles. The molecule has 4 heterocycles. The summed E-state index contributed by atoms with van der Waals surface area (Å²) in [5.41, 5.74) is -4.35. The van der Waals surface area contributed by atoms with E-state index in [1.54, 1.807) is 71.1 Å². The van der Waals surface area contributed by atoms with Crippen molar-refractivity contribution in [1.82, 2.24) is 25.5 Å². The smallest absolute Gasteiger partial charge is 0.408 e. The van der Waals surface area contributed by atoms with Gasteiger partial charge in [-0.25, -0.2) is 28.7 Å². The van der Waals surface area contributed by atoms with Gasteiger partial charge >= 0.3 is 18.2 Å². The third-order valence-corrected chi connectivity index (χ3v) is 12.3. The van der Waals surface area contributed by atoms with Gasteiger partial charge in [-0.2, -0.15) is 0 Å². The number of aliphatic hydroxyl groups excluding tert-OH is 1. The first-order chi connectivity index (χ1) is 28.6. The Hall–Kier alpha value is -4.84. The number of halogens is 1. The maximum atomic E-state index is 16.9. The molecule has 61 heavy (non-hydrogen) atoms. The number of aromatic nitrogens is 2. The fourth-order valence-electron chi connectivity index (χ4n) is 8.90. The molecule has 5 rings (SSSR count). The van der Waals surface area contributed by atoms with Crippen molar-refractivity contribution < 1.29 is 57.2 Å². The van der Waals surface area contributed by atoms with E-state index in [0.29, 0.717) is 6.42 Å². The molecule has 3 N–H and O–H groups in total. The second kappa shape index (κ2) is 19.1. The Bertz CT molecular complexity index is 1930. The average Bonchev–Trinajstić information content (AvgIpc) is 3.54. The van der Waals surface area contributed by atoms with Gasteiger partial charge in [0.1, 0.15) is 36.0 Å². The number of amides is 2. The van der Waals surface area contributed by atoms with Crippen LogP contribution < -0.4 is 10.6 Å². The van der Waals surface area contributed by atoms with Gasteiger partial charge < -0.3 is 44.3 Å². The number of esters is 1. The van der Waals surface area contributed by atoms with E-state index in [9.17, 15) is 29.1 Å². The van der Waals surface area contributed by atoms with E-state index in [4.69, 9.17) is 23.7 Å². The number of carbonyl (C=O) groups excluding carboxylic acids is 5. The van der Waals surface area contributed by atoms with Crippen molar-refractivity contribution in [2.45, 2.75) is 134 Å². The van der Waals surface area contributed by atoms with Gasteiger partial charge in [0.05, 0.1) is 17.8 Å². The highest BCUT2D eigenvalue weighted by Crippen LogP contribution is 2.41. The molecule has 0 radical (unpaired) electrons. The van der Waals surface area contributed by atoms with Crippen molar-refractivity contribution in [2.75, 3.05) is 20.6 Å². The number of aliphatic hydroxyl groups is 1. The van der Waals surface area contributed by atoms with Gasteiger partial charge in [0, 0.05) is 42.1 Å². The molecular formula is C44H60FN5O11. The van der Waals surface area contributed by atoms with Crippen LogP contribution in [0.1, 0.15) is 80.2 Å². The number of ketones is 2. The second-order valence-corrected chi connectivity index (χ2v) is 17.3. The molecule has 3 aliphatic rings. The first-order valence-corrected chi connectivity index (χ1v) is 20.8. The molecule has 0 bridgehead atoms. The van der Waals surface area contributed by atoms with Gasteiger partial charge in [-0.1, -0.05) is 64.1 Å². The minimum atomic E-state index is -3.29. The fraction of sp³-hybridized carbons (Fsp3) is 0.614. The van der Waals surface area contributed by atoms with Crippen molar-refractivity contribution in [3.8, 4) is 11.3 Å². The fourth-order valence-corrected chi connectivity index (χ4v) is 8.90. The zero-order valence-corrected chi connectivity index (χ0v) is 36.5. The van der Waals surface area contributed by atoms with E-state index in [1.165, 1.54) is 27.1 Å². The number of carbonyl (C=O) groups is 5. The quantitative estimate of drug-likeness (QED) is 0.176. The Labute approximate surface area is 356 Å². The Morgan fingerprint density at radius 2 is 1.75 bits per heavy atom. The molecule has 0 spiro atoms. The minimum absolute atomic E-state index is 0.00642. The molecule has 2 amide bonds. The number of likely N-dealkylation sites (N-methyl/N-ethyl adjacent to an activating group) is 1. The summed E-state index contributed by atoms with van der Waals surface area (Å²) >= 11 is 0. The van der Waals surface area contributed by atoms with Crippen LogP contribution in [-0.2, 0) is 38.1 Å². The lowest BCUT2D eigenvalue weighted by Gasteiger charge is -2.47. The number of benzene rings is 1. The van der Waals surface area contributed by atoms with Crippen molar-refractivity contribution in [3.63, 3.8) is 0 Å². The minimum Gasteiger partial charge on any atom is -0.455 e. The van der Waals surface area contributed by atoms with Crippen LogP contribution in [0.15, 0.2) is 48.9 Å².